The van der Waals surface area contributed by atoms with Gasteiger partial charge in [-0.05, 0) is 19.3 Å². The first-order valence-corrected chi connectivity index (χ1v) is 5.08. The molecule has 4 nitrogen and oxygen atoms in total. The molecule has 1 aromatic carbocycles. The standard InChI is InChI=1S/C13H15NO3/c1-3-16-13(15)9-10-17-14-11(2)12-7-5-4-6-8-12/h4-10H,3H2,1-2H3/b10-9+,14-11+/i2D3. The zero-order chi connectivity index (χ0) is 15.0. The molecular formula is C13H15NO3. The molecule has 1 aromatic rings. The van der Waals surface area contributed by atoms with Gasteiger partial charge in [0.2, 0.25) is 0 Å². The van der Waals surface area contributed by atoms with Crippen molar-refractivity contribution in [2.24, 2.45) is 5.16 Å². The van der Waals surface area contributed by atoms with Crippen molar-refractivity contribution >= 4 is 11.7 Å². The van der Waals surface area contributed by atoms with Gasteiger partial charge in [0.1, 0.15) is 6.26 Å². The molecule has 0 radical (unpaired) electrons. The molecule has 4 heteroatoms. The number of carbonyl (C=O) groups excluding carboxylic acids is 1. The molecule has 0 N–H and O–H groups in total. The summed E-state index contributed by atoms with van der Waals surface area (Å²) in [6.45, 7) is -0.497. The average Bonchev–Trinajstić information content (AvgIpc) is 2.38. The van der Waals surface area contributed by atoms with Crippen molar-refractivity contribution in [1.29, 1.82) is 0 Å². The van der Waals surface area contributed by atoms with Crippen LogP contribution < -0.4 is 0 Å². The van der Waals surface area contributed by atoms with Gasteiger partial charge in [0.15, 0.2) is 0 Å². The summed E-state index contributed by atoms with van der Waals surface area (Å²) < 4.78 is 26.9. The van der Waals surface area contributed by atoms with Crippen molar-refractivity contribution in [1.82, 2.24) is 0 Å². The first kappa shape index (κ1) is 8.98. The zero-order valence-electron chi connectivity index (χ0n) is 12.4. The molecule has 0 atom stereocenters. The zero-order valence-corrected chi connectivity index (χ0v) is 9.42. The van der Waals surface area contributed by atoms with Gasteiger partial charge < -0.3 is 9.57 Å². The molecular weight excluding hydrogens is 218 g/mol. The Morgan fingerprint density at radius 2 is 2.24 bits per heavy atom. The number of esters is 1. The molecule has 0 fully saturated rings. The van der Waals surface area contributed by atoms with Gasteiger partial charge in [0.25, 0.3) is 0 Å². The molecule has 0 unspecified atom stereocenters. The van der Waals surface area contributed by atoms with E-state index < -0.39 is 12.8 Å². The molecule has 0 aliphatic rings. The molecule has 0 spiro atoms. The second-order valence-electron chi connectivity index (χ2n) is 2.97. The molecule has 0 saturated heterocycles. The Morgan fingerprint density at radius 3 is 2.88 bits per heavy atom. The van der Waals surface area contributed by atoms with Gasteiger partial charge in [-0.15, -0.1) is 0 Å². The summed E-state index contributed by atoms with van der Waals surface area (Å²) in [5.74, 6) is -0.585. The van der Waals surface area contributed by atoms with E-state index in [4.69, 9.17) is 8.95 Å². The van der Waals surface area contributed by atoms with Crippen molar-refractivity contribution in [3.8, 4) is 0 Å². The normalized spacial score (nSPS) is 14.9. The van der Waals surface area contributed by atoms with Gasteiger partial charge in [-0.2, -0.15) is 0 Å². The Labute approximate surface area is 105 Å². The number of oxime groups is 1. The molecule has 90 valence electrons. The summed E-state index contributed by atoms with van der Waals surface area (Å²) >= 11 is 0. The number of ether oxygens (including phenoxy) is 1. The molecule has 1 rings (SSSR count). The number of rotatable bonds is 5. The molecule has 17 heavy (non-hydrogen) atoms. The molecule has 0 aromatic heterocycles. The molecule has 0 amide bonds. The predicted molar refractivity (Wildman–Crippen MR) is 65.5 cm³/mol. The second-order valence-corrected chi connectivity index (χ2v) is 2.97. The van der Waals surface area contributed by atoms with E-state index in [1.54, 1.807) is 37.3 Å². The molecule has 0 saturated carbocycles. The van der Waals surface area contributed by atoms with E-state index in [1.807, 2.05) is 0 Å². The smallest absolute Gasteiger partial charge is 0.333 e. The monoisotopic (exact) mass is 236 g/mol. The topological polar surface area (TPSA) is 47.9 Å². The van der Waals surface area contributed by atoms with E-state index in [1.165, 1.54) is 0 Å². The van der Waals surface area contributed by atoms with Crippen LogP contribution >= 0.6 is 0 Å². The lowest BCUT2D eigenvalue weighted by Crippen LogP contribution is -1.99. The highest BCUT2D eigenvalue weighted by atomic mass is 16.6. The highest BCUT2D eigenvalue weighted by Crippen LogP contribution is 2.01. The molecule has 0 aliphatic carbocycles. The van der Waals surface area contributed by atoms with Crippen molar-refractivity contribution in [3.63, 3.8) is 0 Å². The molecule has 0 aliphatic heterocycles. The maximum absolute atomic E-state index is 11.0. The number of nitrogens with zero attached hydrogens (tertiary/aromatic N) is 1. The maximum atomic E-state index is 11.0. The molecule has 0 bridgehead atoms. The van der Waals surface area contributed by atoms with Gasteiger partial charge in [-0.1, -0.05) is 35.5 Å². The van der Waals surface area contributed by atoms with E-state index in [-0.39, 0.29) is 12.3 Å². The third-order valence-corrected chi connectivity index (χ3v) is 1.74. The SMILES string of the molecule is [2H]C([2H])([2H])/C(=N\O/C=C/C(=O)OCC)c1ccccc1. The van der Waals surface area contributed by atoms with Crippen LogP contribution in [0.1, 0.15) is 23.5 Å². The maximum Gasteiger partial charge on any atom is 0.333 e. The fourth-order valence-corrected chi connectivity index (χ4v) is 1.01. The van der Waals surface area contributed by atoms with Gasteiger partial charge >= 0.3 is 5.97 Å². The van der Waals surface area contributed by atoms with E-state index >= 15 is 0 Å². The first-order valence-electron chi connectivity index (χ1n) is 6.58. The van der Waals surface area contributed by atoms with Gasteiger partial charge in [-0.3, -0.25) is 0 Å². The van der Waals surface area contributed by atoms with E-state index in [0.29, 0.717) is 5.56 Å². The lowest BCUT2D eigenvalue weighted by atomic mass is 10.1. The second kappa shape index (κ2) is 7.22. The lowest BCUT2D eigenvalue weighted by Gasteiger charge is -1.98. The van der Waals surface area contributed by atoms with Crippen LogP contribution in [-0.4, -0.2) is 18.3 Å². The van der Waals surface area contributed by atoms with Crippen LogP contribution in [0.25, 0.3) is 0 Å². The van der Waals surface area contributed by atoms with Crippen LogP contribution in [0.4, 0.5) is 0 Å². The minimum Gasteiger partial charge on any atom is -0.463 e. The highest BCUT2D eigenvalue weighted by molar-refractivity contribution is 5.98. The summed E-state index contributed by atoms with van der Waals surface area (Å²) in [6, 6.07) is 8.39. The summed E-state index contributed by atoms with van der Waals surface area (Å²) in [6.07, 6.45) is 2.00. The fourth-order valence-electron chi connectivity index (χ4n) is 1.01. The van der Waals surface area contributed by atoms with Crippen LogP contribution in [0.5, 0.6) is 0 Å². The van der Waals surface area contributed by atoms with Crippen molar-refractivity contribution in [2.45, 2.75) is 13.8 Å². The third-order valence-electron chi connectivity index (χ3n) is 1.74. The van der Waals surface area contributed by atoms with E-state index in [0.717, 1.165) is 12.3 Å². The van der Waals surface area contributed by atoms with E-state index in [9.17, 15) is 4.79 Å². The summed E-state index contributed by atoms with van der Waals surface area (Å²) in [4.78, 5) is 15.7. The van der Waals surface area contributed by atoms with Gasteiger partial charge in [0.05, 0.1) is 18.4 Å². The highest BCUT2D eigenvalue weighted by Gasteiger charge is 1.95. The summed E-state index contributed by atoms with van der Waals surface area (Å²) in [5.41, 5.74) is 0.239. The van der Waals surface area contributed by atoms with Crippen LogP contribution in [-0.2, 0) is 14.4 Å². The van der Waals surface area contributed by atoms with Crippen molar-refractivity contribution < 1.29 is 18.5 Å². The van der Waals surface area contributed by atoms with Crippen molar-refractivity contribution in [2.75, 3.05) is 6.61 Å². The summed E-state index contributed by atoms with van der Waals surface area (Å²) in [7, 11) is 0. The minimum absolute atomic E-state index is 0.188. The Morgan fingerprint density at radius 1 is 1.47 bits per heavy atom. The molecule has 0 heterocycles. The van der Waals surface area contributed by atoms with Gasteiger partial charge in [-0.25, -0.2) is 4.79 Å². The lowest BCUT2D eigenvalue weighted by molar-refractivity contribution is -0.137. The largest absolute Gasteiger partial charge is 0.463 e. The fraction of sp³-hybridized carbons (Fsp3) is 0.231. The predicted octanol–water partition coefficient (Wildman–Crippen LogP) is 2.50. The van der Waals surface area contributed by atoms with E-state index in [2.05, 4.69) is 9.89 Å². The van der Waals surface area contributed by atoms with Gasteiger partial charge in [0, 0.05) is 4.11 Å². The number of hydrogen-bond acceptors (Lipinski definition) is 4. The quantitative estimate of drug-likeness (QED) is 0.259. The Hall–Kier alpha value is -2.10. The van der Waals surface area contributed by atoms with Crippen LogP contribution in [0, 0.1) is 0 Å². The van der Waals surface area contributed by atoms with Crippen molar-refractivity contribution in [3.05, 3.63) is 48.2 Å². The number of benzene rings is 1. The van der Waals surface area contributed by atoms with Crippen LogP contribution in [0.2, 0.25) is 0 Å². The van der Waals surface area contributed by atoms with Crippen LogP contribution in [0.15, 0.2) is 47.8 Å². The minimum atomic E-state index is -2.42. The Balaban J connectivity index is 2.81. The third kappa shape index (κ3) is 4.97. The Kier molecular flexibility index (Phi) is 3.82. The first-order chi connectivity index (χ1) is 9.45. The number of carbonyl (C=O) groups is 1. The van der Waals surface area contributed by atoms with Crippen LogP contribution in [0.3, 0.4) is 0 Å². The number of hydrogen-bond donors (Lipinski definition) is 0. The summed E-state index contributed by atoms with van der Waals surface area (Å²) in [5, 5.41) is 3.56. The Bertz CT molecular complexity index is 495. The average molecular weight is 236 g/mol.